The summed E-state index contributed by atoms with van der Waals surface area (Å²) in [7, 11) is -3.71. The van der Waals surface area contributed by atoms with E-state index in [0.717, 1.165) is 0 Å². The summed E-state index contributed by atoms with van der Waals surface area (Å²) in [4.78, 5) is -0.145. The highest BCUT2D eigenvalue weighted by molar-refractivity contribution is 7.92. The Morgan fingerprint density at radius 1 is 0.806 bits per heavy atom. The molecule has 0 atom stereocenters. The van der Waals surface area contributed by atoms with Crippen molar-refractivity contribution < 1.29 is 35.8 Å². The van der Waals surface area contributed by atoms with Crippen LogP contribution in [0.3, 0.4) is 0 Å². The maximum atomic E-state index is 13.0. The molecule has 3 rings (SSSR count). The van der Waals surface area contributed by atoms with Gasteiger partial charge in [0.05, 0.1) is 50.0 Å². The number of sulfonamides is 2. The lowest BCUT2D eigenvalue weighted by molar-refractivity contribution is 0.0730. The first-order chi connectivity index (χ1) is 14.7. The molecule has 12 heteroatoms. The zero-order valence-corrected chi connectivity index (χ0v) is 19.0. The molecule has 0 saturated carbocycles. The third-order valence-corrected chi connectivity index (χ3v) is 7.95. The molecule has 1 aliphatic rings. The van der Waals surface area contributed by atoms with Gasteiger partial charge in [0.1, 0.15) is 5.75 Å². The first-order valence-corrected chi connectivity index (χ1v) is 12.2. The van der Waals surface area contributed by atoms with Gasteiger partial charge in [0.2, 0.25) is 10.0 Å². The van der Waals surface area contributed by atoms with Crippen molar-refractivity contribution in [3.63, 3.8) is 0 Å². The normalized spacial score (nSPS) is 15.3. The molecule has 1 aliphatic heterocycles. The summed E-state index contributed by atoms with van der Waals surface area (Å²) in [6.45, 7) is 1.05. The fourth-order valence-electron chi connectivity index (χ4n) is 3.05. The van der Waals surface area contributed by atoms with Crippen molar-refractivity contribution in [1.82, 2.24) is 4.31 Å². The molecule has 0 amide bonds. The van der Waals surface area contributed by atoms with E-state index in [-0.39, 0.29) is 40.1 Å². The quantitative estimate of drug-likeness (QED) is 0.614. The Kier molecular flexibility index (Phi) is 6.94. The maximum absolute atomic E-state index is 13.0. The van der Waals surface area contributed by atoms with Crippen LogP contribution in [0.4, 0.5) is 5.69 Å². The molecule has 0 radical (unpaired) electrons. The van der Waals surface area contributed by atoms with Crippen LogP contribution in [0.5, 0.6) is 17.2 Å². The molecule has 0 aromatic heterocycles. The zero-order chi connectivity index (χ0) is 22.6. The Hall–Kier alpha value is -2.54. The van der Waals surface area contributed by atoms with Gasteiger partial charge in [-0.15, -0.1) is 0 Å². The van der Waals surface area contributed by atoms with Gasteiger partial charge in [0, 0.05) is 19.2 Å². The lowest BCUT2D eigenvalue weighted by atomic mass is 10.3. The SMILES string of the molecule is COc1ccc(S(=O)(=O)N2CCOCC2)cc1NS(=O)(=O)c1ccc(OC)c(OC)c1. The van der Waals surface area contributed by atoms with Crippen LogP contribution in [0.15, 0.2) is 46.2 Å². The van der Waals surface area contributed by atoms with Crippen LogP contribution >= 0.6 is 0 Å². The average Bonchev–Trinajstić information content (AvgIpc) is 2.78. The van der Waals surface area contributed by atoms with Crippen LogP contribution < -0.4 is 18.9 Å². The minimum atomic E-state index is -4.08. The molecule has 1 saturated heterocycles. The predicted molar refractivity (Wildman–Crippen MR) is 113 cm³/mol. The lowest BCUT2D eigenvalue weighted by Crippen LogP contribution is -2.40. The Morgan fingerprint density at radius 3 is 2.00 bits per heavy atom. The Bertz CT molecular complexity index is 1140. The molecular formula is C19H24N2O8S2. The summed E-state index contributed by atoms with van der Waals surface area (Å²) in [5.41, 5.74) is -0.00776. The van der Waals surface area contributed by atoms with Crippen molar-refractivity contribution in [3.8, 4) is 17.2 Å². The lowest BCUT2D eigenvalue weighted by Gasteiger charge is -2.26. The maximum Gasteiger partial charge on any atom is 0.262 e. The molecule has 170 valence electrons. The monoisotopic (exact) mass is 472 g/mol. The van der Waals surface area contributed by atoms with Gasteiger partial charge in [-0.3, -0.25) is 4.72 Å². The molecule has 1 heterocycles. The second-order valence-corrected chi connectivity index (χ2v) is 10.1. The molecule has 0 aliphatic carbocycles. The van der Waals surface area contributed by atoms with E-state index >= 15 is 0 Å². The molecule has 10 nitrogen and oxygen atoms in total. The highest BCUT2D eigenvalue weighted by Crippen LogP contribution is 2.33. The minimum absolute atomic E-state index is 0.00776. The van der Waals surface area contributed by atoms with Crippen LogP contribution in [0, 0.1) is 0 Å². The second-order valence-electron chi connectivity index (χ2n) is 6.50. The fraction of sp³-hybridized carbons (Fsp3) is 0.368. The summed E-state index contributed by atoms with van der Waals surface area (Å²) in [6, 6.07) is 8.13. The second kappa shape index (κ2) is 9.30. The first kappa shape index (κ1) is 23.1. The standard InChI is InChI=1S/C19H24N2O8S2/c1-26-17-6-5-15(31(24,25)21-8-10-29-11-9-21)12-16(17)20-30(22,23)14-4-7-18(27-2)19(13-14)28-3/h4-7,12-13,20H,8-11H2,1-3H3. The van der Waals surface area contributed by atoms with E-state index in [9.17, 15) is 16.8 Å². The van der Waals surface area contributed by atoms with E-state index in [4.69, 9.17) is 18.9 Å². The molecule has 31 heavy (non-hydrogen) atoms. The van der Waals surface area contributed by atoms with E-state index in [1.807, 2.05) is 0 Å². The van der Waals surface area contributed by atoms with Crippen LogP contribution in [0.25, 0.3) is 0 Å². The van der Waals surface area contributed by atoms with Gasteiger partial charge < -0.3 is 18.9 Å². The summed E-state index contributed by atoms with van der Waals surface area (Å²) in [6.07, 6.45) is 0. The molecule has 0 bridgehead atoms. The molecule has 0 unspecified atom stereocenters. The molecule has 2 aromatic rings. The van der Waals surface area contributed by atoms with Crippen LogP contribution in [0.1, 0.15) is 0 Å². The number of hydrogen-bond acceptors (Lipinski definition) is 8. The number of anilines is 1. The van der Waals surface area contributed by atoms with E-state index < -0.39 is 20.0 Å². The Labute approximate surface area is 181 Å². The van der Waals surface area contributed by atoms with Gasteiger partial charge >= 0.3 is 0 Å². The Morgan fingerprint density at radius 2 is 1.39 bits per heavy atom. The third kappa shape index (κ3) is 4.87. The highest BCUT2D eigenvalue weighted by atomic mass is 32.2. The first-order valence-electron chi connectivity index (χ1n) is 9.23. The van der Waals surface area contributed by atoms with E-state index in [1.54, 1.807) is 0 Å². The fourth-order valence-corrected chi connectivity index (χ4v) is 5.56. The third-order valence-electron chi connectivity index (χ3n) is 4.69. The number of ether oxygens (including phenoxy) is 4. The molecule has 2 aromatic carbocycles. The average molecular weight is 473 g/mol. The molecule has 1 fully saturated rings. The van der Waals surface area contributed by atoms with Gasteiger partial charge in [-0.1, -0.05) is 0 Å². The molecule has 1 N–H and O–H groups in total. The Balaban J connectivity index is 1.97. The van der Waals surface area contributed by atoms with Crippen molar-refractivity contribution in [3.05, 3.63) is 36.4 Å². The van der Waals surface area contributed by atoms with E-state index in [1.165, 1.54) is 62.0 Å². The number of rotatable bonds is 8. The number of benzene rings is 2. The van der Waals surface area contributed by atoms with Crippen molar-refractivity contribution in [2.75, 3.05) is 52.4 Å². The van der Waals surface area contributed by atoms with Crippen molar-refractivity contribution >= 4 is 25.7 Å². The van der Waals surface area contributed by atoms with Crippen LogP contribution in [-0.2, 0) is 24.8 Å². The van der Waals surface area contributed by atoms with Crippen LogP contribution in [0.2, 0.25) is 0 Å². The predicted octanol–water partition coefficient (Wildman–Crippen LogP) is 1.53. The number of nitrogens with one attached hydrogen (secondary N) is 1. The smallest absolute Gasteiger partial charge is 0.262 e. The van der Waals surface area contributed by atoms with Gasteiger partial charge in [-0.25, -0.2) is 16.8 Å². The van der Waals surface area contributed by atoms with Gasteiger partial charge in [-0.2, -0.15) is 4.31 Å². The topological polar surface area (TPSA) is 120 Å². The van der Waals surface area contributed by atoms with E-state index in [2.05, 4.69) is 4.72 Å². The van der Waals surface area contributed by atoms with Gasteiger partial charge in [0.25, 0.3) is 10.0 Å². The van der Waals surface area contributed by atoms with Crippen LogP contribution in [-0.4, -0.2) is 68.8 Å². The minimum Gasteiger partial charge on any atom is -0.495 e. The summed E-state index contributed by atoms with van der Waals surface area (Å²) >= 11 is 0. The molecule has 0 spiro atoms. The highest BCUT2D eigenvalue weighted by Gasteiger charge is 2.28. The van der Waals surface area contributed by atoms with Crippen molar-refractivity contribution in [2.45, 2.75) is 9.79 Å². The number of morpholine rings is 1. The van der Waals surface area contributed by atoms with Gasteiger partial charge in [-0.05, 0) is 30.3 Å². The number of methoxy groups -OCH3 is 3. The number of nitrogens with zero attached hydrogens (tertiary/aromatic N) is 1. The van der Waals surface area contributed by atoms with Crippen molar-refractivity contribution in [1.29, 1.82) is 0 Å². The largest absolute Gasteiger partial charge is 0.495 e. The summed E-state index contributed by atoms with van der Waals surface area (Å²) in [5.74, 6) is 0.781. The molecular weight excluding hydrogens is 448 g/mol. The van der Waals surface area contributed by atoms with E-state index in [0.29, 0.717) is 19.0 Å². The van der Waals surface area contributed by atoms with Gasteiger partial charge in [0.15, 0.2) is 11.5 Å². The zero-order valence-electron chi connectivity index (χ0n) is 17.3. The number of hydrogen-bond donors (Lipinski definition) is 1. The van der Waals surface area contributed by atoms with Crippen molar-refractivity contribution in [2.24, 2.45) is 0 Å². The summed E-state index contributed by atoms with van der Waals surface area (Å²) < 4.78 is 76.2. The summed E-state index contributed by atoms with van der Waals surface area (Å²) in [5, 5.41) is 0.